The number of hydrogen-bond acceptors (Lipinski definition) is 3. The van der Waals surface area contributed by atoms with Gasteiger partial charge in [0.05, 0.1) is 0 Å². The largest absolute Gasteiger partial charge is 0.537 e. The van der Waals surface area contributed by atoms with E-state index in [0.717, 1.165) is 9.66 Å². The van der Waals surface area contributed by atoms with Crippen LogP contribution >= 0.6 is 15.9 Å². The molecule has 0 unspecified atom stereocenters. The van der Waals surface area contributed by atoms with Crippen molar-refractivity contribution < 1.29 is 13.3 Å². The van der Waals surface area contributed by atoms with Gasteiger partial charge >= 0.3 is 8.80 Å². The first-order valence-corrected chi connectivity index (χ1v) is 8.58. The van der Waals surface area contributed by atoms with Gasteiger partial charge in [0.1, 0.15) is 0 Å². The summed E-state index contributed by atoms with van der Waals surface area (Å²) in [7, 11) is -1.16. The van der Waals surface area contributed by atoms with Crippen molar-refractivity contribution in [2.75, 3.05) is 7.11 Å². The average Bonchev–Trinajstić information content (AvgIpc) is 2.27. The van der Waals surface area contributed by atoms with E-state index in [1.165, 1.54) is 0 Å². The smallest absolute Gasteiger partial charge is 0.373 e. The molecule has 0 atom stereocenters. The predicted molar refractivity (Wildman–Crippen MR) is 79.0 cm³/mol. The van der Waals surface area contributed by atoms with Crippen LogP contribution in [0, 0.1) is 0 Å². The lowest BCUT2D eigenvalue weighted by Gasteiger charge is -2.31. The minimum absolute atomic E-state index is 0.0546. The third-order valence-electron chi connectivity index (χ3n) is 2.25. The fourth-order valence-electron chi connectivity index (χ4n) is 1.65. The summed E-state index contributed by atoms with van der Waals surface area (Å²) in [4.78, 5) is 0. The van der Waals surface area contributed by atoms with E-state index in [4.69, 9.17) is 13.3 Å². The highest BCUT2D eigenvalue weighted by molar-refractivity contribution is 9.10. The van der Waals surface area contributed by atoms with Gasteiger partial charge in [0.15, 0.2) is 0 Å². The van der Waals surface area contributed by atoms with Crippen LogP contribution in [0.3, 0.4) is 0 Å². The molecule has 0 heterocycles. The first-order valence-electron chi connectivity index (χ1n) is 6.06. The highest BCUT2D eigenvalue weighted by Gasteiger charge is 2.44. The lowest BCUT2D eigenvalue weighted by molar-refractivity contribution is 0.0456. The van der Waals surface area contributed by atoms with Crippen LogP contribution in [0.2, 0.25) is 0 Å². The van der Waals surface area contributed by atoms with Crippen molar-refractivity contribution in [2.45, 2.75) is 39.9 Å². The van der Waals surface area contributed by atoms with Crippen molar-refractivity contribution >= 4 is 29.9 Å². The Labute approximate surface area is 119 Å². The zero-order chi connectivity index (χ0) is 13.8. The molecule has 0 aliphatic rings. The van der Waals surface area contributed by atoms with Crippen LogP contribution in [-0.4, -0.2) is 28.1 Å². The maximum absolute atomic E-state index is 6.00. The third kappa shape index (κ3) is 4.17. The Kier molecular flexibility index (Phi) is 6.00. The number of rotatable bonds is 6. The first kappa shape index (κ1) is 15.9. The van der Waals surface area contributed by atoms with Gasteiger partial charge in [0.25, 0.3) is 0 Å². The number of halogens is 1. The lowest BCUT2D eigenvalue weighted by Crippen LogP contribution is -2.58. The molecule has 5 heteroatoms. The summed E-state index contributed by atoms with van der Waals surface area (Å²) in [5, 5.41) is 0.982. The van der Waals surface area contributed by atoms with Gasteiger partial charge < -0.3 is 13.3 Å². The Morgan fingerprint density at radius 3 is 1.72 bits per heavy atom. The minimum Gasteiger partial charge on any atom is -0.373 e. The summed E-state index contributed by atoms with van der Waals surface area (Å²) in [5.41, 5.74) is 0. The second-order valence-electron chi connectivity index (χ2n) is 4.60. The minimum atomic E-state index is -2.82. The van der Waals surface area contributed by atoms with Crippen molar-refractivity contribution in [1.82, 2.24) is 0 Å². The molecule has 0 spiro atoms. The highest BCUT2D eigenvalue weighted by Crippen LogP contribution is 2.16. The van der Waals surface area contributed by atoms with Crippen molar-refractivity contribution in [3.8, 4) is 0 Å². The SMILES string of the molecule is CO[Si](OC(C)C)(OC(C)C)c1ccc(Br)cc1. The van der Waals surface area contributed by atoms with Crippen LogP contribution in [0.15, 0.2) is 28.7 Å². The molecule has 0 N–H and O–H groups in total. The molecule has 1 aromatic carbocycles. The Bertz CT molecular complexity index is 355. The summed E-state index contributed by atoms with van der Waals surface area (Å²) in [6, 6.07) is 7.93. The molecule has 0 fully saturated rings. The lowest BCUT2D eigenvalue weighted by atomic mass is 10.4. The molecule has 18 heavy (non-hydrogen) atoms. The summed E-state index contributed by atoms with van der Waals surface area (Å²) < 4.78 is 18.7. The van der Waals surface area contributed by atoms with Crippen molar-refractivity contribution in [3.05, 3.63) is 28.7 Å². The Hall–Kier alpha value is -0.203. The van der Waals surface area contributed by atoms with E-state index >= 15 is 0 Å². The zero-order valence-electron chi connectivity index (χ0n) is 11.6. The monoisotopic (exact) mass is 332 g/mol. The molecule has 0 amide bonds. The van der Waals surface area contributed by atoms with Crippen LogP contribution < -0.4 is 5.19 Å². The van der Waals surface area contributed by atoms with E-state index in [9.17, 15) is 0 Å². The third-order valence-corrected chi connectivity index (χ3v) is 5.92. The van der Waals surface area contributed by atoms with E-state index in [2.05, 4.69) is 15.9 Å². The molecule has 1 aromatic rings. The van der Waals surface area contributed by atoms with Crippen LogP contribution in [0.1, 0.15) is 27.7 Å². The van der Waals surface area contributed by atoms with Gasteiger partial charge in [0.2, 0.25) is 0 Å². The van der Waals surface area contributed by atoms with Gasteiger partial charge in [-0.15, -0.1) is 0 Å². The molecule has 3 nitrogen and oxygen atoms in total. The van der Waals surface area contributed by atoms with Crippen LogP contribution in [0.25, 0.3) is 0 Å². The van der Waals surface area contributed by atoms with E-state index in [1.54, 1.807) is 7.11 Å². The van der Waals surface area contributed by atoms with Gasteiger partial charge in [-0.05, 0) is 39.8 Å². The molecule has 102 valence electrons. The standard InChI is InChI=1S/C13H21BrO3Si/c1-10(2)16-18(15-5,17-11(3)4)13-8-6-12(14)7-9-13/h6-11H,1-5H3. The fourth-order valence-corrected chi connectivity index (χ4v) is 4.49. The highest BCUT2D eigenvalue weighted by atomic mass is 79.9. The van der Waals surface area contributed by atoms with E-state index < -0.39 is 8.80 Å². The topological polar surface area (TPSA) is 27.7 Å². The molecule has 0 bridgehead atoms. The Morgan fingerprint density at radius 1 is 0.944 bits per heavy atom. The number of hydrogen-bond donors (Lipinski definition) is 0. The van der Waals surface area contributed by atoms with Gasteiger partial charge in [-0.25, -0.2) is 0 Å². The van der Waals surface area contributed by atoms with E-state index in [-0.39, 0.29) is 12.2 Å². The molecule has 0 saturated heterocycles. The van der Waals surface area contributed by atoms with Crippen molar-refractivity contribution in [2.24, 2.45) is 0 Å². The second-order valence-corrected chi connectivity index (χ2v) is 8.09. The molecular weight excluding hydrogens is 312 g/mol. The van der Waals surface area contributed by atoms with Gasteiger partial charge in [-0.3, -0.25) is 0 Å². The fraction of sp³-hybridized carbons (Fsp3) is 0.538. The molecule has 0 aliphatic heterocycles. The second kappa shape index (κ2) is 6.82. The predicted octanol–water partition coefficient (Wildman–Crippen LogP) is 3.09. The van der Waals surface area contributed by atoms with Gasteiger partial charge in [0, 0.05) is 29.0 Å². The van der Waals surface area contributed by atoms with Gasteiger partial charge in [-0.1, -0.05) is 28.1 Å². The molecule has 0 aromatic heterocycles. The number of benzene rings is 1. The molecule has 0 aliphatic carbocycles. The summed E-state index contributed by atoms with van der Waals surface area (Å²) in [6.07, 6.45) is 0.109. The molecule has 1 rings (SSSR count). The van der Waals surface area contributed by atoms with Crippen molar-refractivity contribution in [1.29, 1.82) is 0 Å². The van der Waals surface area contributed by atoms with E-state index in [0.29, 0.717) is 0 Å². The molecular formula is C13H21BrO3Si. The Balaban J connectivity index is 3.11. The normalized spacial score (nSPS) is 12.4. The van der Waals surface area contributed by atoms with E-state index in [1.807, 2.05) is 52.0 Å². The first-order chi connectivity index (χ1) is 8.39. The van der Waals surface area contributed by atoms with Crippen LogP contribution in [0.5, 0.6) is 0 Å². The maximum Gasteiger partial charge on any atom is 0.537 e. The maximum atomic E-state index is 6.00. The van der Waals surface area contributed by atoms with Gasteiger partial charge in [-0.2, -0.15) is 0 Å². The molecule has 0 radical (unpaired) electrons. The summed E-state index contributed by atoms with van der Waals surface area (Å²) in [6.45, 7) is 7.96. The summed E-state index contributed by atoms with van der Waals surface area (Å²) in [5.74, 6) is 0. The van der Waals surface area contributed by atoms with Crippen molar-refractivity contribution in [3.63, 3.8) is 0 Å². The molecule has 0 saturated carbocycles. The Morgan fingerprint density at radius 2 is 1.39 bits per heavy atom. The summed E-state index contributed by atoms with van der Waals surface area (Å²) >= 11 is 3.43. The van der Waals surface area contributed by atoms with Crippen LogP contribution in [-0.2, 0) is 13.3 Å². The quantitative estimate of drug-likeness (QED) is 0.749. The zero-order valence-corrected chi connectivity index (χ0v) is 14.2. The van der Waals surface area contributed by atoms with Crippen LogP contribution in [0.4, 0.5) is 0 Å². The average molecular weight is 333 g/mol.